The number of aryl methyl sites for hydroxylation is 1. The summed E-state index contributed by atoms with van der Waals surface area (Å²) in [5, 5.41) is 3.25. The van der Waals surface area contributed by atoms with Gasteiger partial charge in [0, 0.05) is 38.3 Å². The molecule has 1 saturated heterocycles. The molecule has 1 aromatic heterocycles. The Morgan fingerprint density at radius 3 is 2.59 bits per heavy atom. The number of aromatic nitrogens is 1. The predicted octanol–water partition coefficient (Wildman–Crippen LogP) is 3.82. The molecule has 27 heavy (non-hydrogen) atoms. The first-order chi connectivity index (χ1) is 13.2. The van der Waals surface area contributed by atoms with E-state index in [4.69, 9.17) is 0 Å². The Kier molecular flexibility index (Phi) is 7.40. The minimum Gasteiger partial charge on any atom is -0.353 e. The van der Waals surface area contributed by atoms with E-state index in [0.717, 1.165) is 51.0 Å². The molecule has 0 radical (unpaired) electrons. The summed E-state index contributed by atoms with van der Waals surface area (Å²) in [7, 11) is 0. The van der Waals surface area contributed by atoms with Crippen LogP contribution in [-0.4, -0.2) is 34.9 Å². The van der Waals surface area contributed by atoms with Crippen molar-refractivity contribution in [3.05, 3.63) is 66.0 Å². The van der Waals surface area contributed by atoms with Gasteiger partial charge >= 0.3 is 0 Å². The average Bonchev–Trinajstić information content (AvgIpc) is 2.69. The Labute approximate surface area is 163 Å². The third-order valence-electron chi connectivity index (χ3n) is 5.37. The zero-order valence-corrected chi connectivity index (χ0v) is 16.3. The van der Waals surface area contributed by atoms with Gasteiger partial charge in [0.1, 0.15) is 0 Å². The number of pyridine rings is 1. The molecule has 1 fully saturated rings. The van der Waals surface area contributed by atoms with Gasteiger partial charge in [0.2, 0.25) is 5.91 Å². The molecule has 1 aliphatic heterocycles. The minimum atomic E-state index is 0.207. The third-order valence-corrected chi connectivity index (χ3v) is 5.37. The molecule has 1 atom stereocenters. The van der Waals surface area contributed by atoms with E-state index in [1.54, 1.807) is 0 Å². The van der Waals surface area contributed by atoms with Crippen LogP contribution in [0.25, 0.3) is 0 Å². The Hall–Kier alpha value is -2.20. The van der Waals surface area contributed by atoms with Crippen LogP contribution in [-0.2, 0) is 17.8 Å². The summed E-state index contributed by atoms with van der Waals surface area (Å²) in [5.74, 6) is 0.619. The van der Waals surface area contributed by atoms with E-state index in [1.165, 1.54) is 5.56 Å². The van der Waals surface area contributed by atoms with E-state index >= 15 is 0 Å². The number of hydrogen-bond donors (Lipinski definition) is 1. The normalized spacial score (nSPS) is 16.8. The standard InChI is InChI=1S/C23H31N3O/c1-19(10-11-20-7-3-2-4-8-20)17-23(27)25-21-12-15-26(16-13-21)18-22-9-5-6-14-24-22/h2-9,14,19,21H,10-13,15-18H2,1H3,(H,25,27)/t19-/m1/s1. The number of piperidine rings is 1. The second-order valence-corrected chi connectivity index (χ2v) is 7.77. The lowest BCUT2D eigenvalue weighted by molar-refractivity contribution is -0.123. The first-order valence-electron chi connectivity index (χ1n) is 10.1. The number of likely N-dealkylation sites (tertiary alicyclic amines) is 1. The van der Waals surface area contributed by atoms with Crippen molar-refractivity contribution in [2.24, 2.45) is 5.92 Å². The summed E-state index contributed by atoms with van der Waals surface area (Å²) in [6.45, 7) is 5.12. The molecule has 4 heteroatoms. The summed E-state index contributed by atoms with van der Waals surface area (Å²) in [6, 6.07) is 16.9. The molecule has 0 bridgehead atoms. The smallest absolute Gasteiger partial charge is 0.220 e. The second kappa shape index (κ2) is 10.2. The number of hydrogen-bond acceptors (Lipinski definition) is 3. The van der Waals surface area contributed by atoms with E-state index in [9.17, 15) is 4.79 Å². The molecular formula is C23H31N3O. The van der Waals surface area contributed by atoms with Gasteiger partial charge in [-0.25, -0.2) is 0 Å². The van der Waals surface area contributed by atoms with Crippen molar-refractivity contribution in [2.75, 3.05) is 13.1 Å². The lowest BCUT2D eigenvalue weighted by Gasteiger charge is -2.32. The maximum atomic E-state index is 12.4. The van der Waals surface area contributed by atoms with Crippen LogP contribution < -0.4 is 5.32 Å². The van der Waals surface area contributed by atoms with E-state index in [1.807, 2.05) is 24.4 Å². The molecule has 4 nitrogen and oxygen atoms in total. The van der Waals surface area contributed by atoms with Crippen LogP contribution >= 0.6 is 0 Å². The highest BCUT2D eigenvalue weighted by Crippen LogP contribution is 2.15. The molecule has 0 aliphatic carbocycles. The monoisotopic (exact) mass is 365 g/mol. The minimum absolute atomic E-state index is 0.207. The maximum Gasteiger partial charge on any atom is 0.220 e. The average molecular weight is 366 g/mol. The zero-order chi connectivity index (χ0) is 18.9. The zero-order valence-electron chi connectivity index (χ0n) is 16.3. The van der Waals surface area contributed by atoms with Crippen molar-refractivity contribution in [3.8, 4) is 0 Å². The largest absolute Gasteiger partial charge is 0.353 e. The Morgan fingerprint density at radius 1 is 1.15 bits per heavy atom. The molecule has 2 aromatic rings. The van der Waals surface area contributed by atoms with E-state index in [-0.39, 0.29) is 5.91 Å². The number of benzene rings is 1. The van der Waals surface area contributed by atoms with Crippen molar-refractivity contribution >= 4 is 5.91 Å². The van der Waals surface area contributed by atoms with Gasteiger partial charge in [-0.3, -0.25) is 14.7 Å². The first kappa shape index (κ1) is 19.6. The van der Waals surface area contributed by atoms with Gasteiger partial charge in [0.05, 0.1) is 5.69 Å². The molecule has 1 aliphatic rings. The quantitative estimate of drug-likeness (QED) is 0.773. The van der Waals surface area contributed by atoms with Crippen molar-refractivity contribution < 1.29 is 4.79 Å². The highest BCUT2D eigenvalue weighted by molar-refractivity contribution is 5.76. The highest BCUT2D eigenvalue weighted by Gasteiger charge is 2.21. The molecule has 1 amide bonds. The van der Waals surface area contributed by atoms with Crippen molar-refractivity contribution in [3.63, 3.8) is 0 Å². The molecule has 3 rings (SSSR count). The molecule has 1 aromatic carbocycles. The number of nitrogens with zero attached hydrogens (tertiary/aromatic N) is 2. The summed E-state index contributed by atoms with van der Waals surface area (Å²) in [5.41, 5.74) is 2.47. The molecule has 1 N–H and O–H groups in total. The van der Waals surface area contributed by atoms with Gasteiger partial charge in [0.15, 0.2) is 0 Å². The first-order valence-corrected chi connectivity index (χ1v) is 10.1. The number of nitrogens with one attached hydrogen (secondary N) is 1. The summed E-state index contributed by atoms with van der Waals surface area (Å²) in [4.78, 5) is 19.2. The van der Waals surface area contributed by atoms with Gasteiger partial charge in [-0.15, -0.1) is 0 Å². The van der Waals surface area contributed by atoms with Crippen LogP contribution in [0.15, 0.2) is 54.7 Å². The van der Waals surface area contributed by atoms with Crippen molar-refractivity contribution in [1.82, 2.24) is 15.2 Å². The third kappa shape index (κ3) is 6.79. The van der Waals surface area contributed by atoms with Crippen LogP contribution in [0.5, 0.6) is 0 Å². The van der Waals surface area contributed by atoms with Gasteiger partial charge in [0.25, 0.3) is 0 Å². The Morgan fingerprint density at radius 2 is 1.89 bits per heavy atom. The summed E-state index contributed by atoms with van der Waals surface area (Å²) >= 11 is 0. The van der Waals surface area contributed by atoms with E-state index in [2.05, 4.69) is 52.5 Å². The highest BCUT2D eigenvalue weighted by atomic mass is 16.1. The van der Waals surface area contributed by atoms with Crippen LogP contribution in [0.4, 0.5) is 0 Å². The predicted molar refractivity (Wildman–Crippen MR) is 109 cm³/mol. The SMILES string of the molecule is C[C@H](CCc1ccccc1)CC(=O)NC1CCN(Cc2ccccn2)CC1. The fourth-order valence-electron chi connectivity index (χ4n) is 3.72. The molecule has 0 unspecified atom stereocenters. The van der Waals surface area contributed by atoms with Gasteiger partial charge in [-0.1, -0.05) is 43.3 Å². The number of amides is 1. The van der Waals surface area contributed by atoms with Gasteiger partial charge < -0.3 is 5.32 Å². The Balaban J connectivity index is 1.33. The fourth-order valence-corrected chi connectivity index (χ4v) is 3.72. The van der Waals surface area contributed by atoms with Crippen molar-refractivity contribution in [1.29, 1.82) is 0 Å². The summed E-state index contributed by atoms with van der Waals surface area (Å²) < 4.78 is 0. The number of carbonyl (C=O) groups is 1. The lowest BCUT2D eigenvalue weighted by Crippen LogP contribution is -2.44. The van der Waals surface area contributed by atoms with E-state index < -0.39 is 0 Å². The Bertz CT molecular complexity index is 681. The molecular weight excluding hydrogens is 334 g/mol. The lowest BCUT2D eigenvalue weighted by atomic mass is 9.97. The van der Waals surface area contributed by atoms with Gasteiger partial charge in [-0.2, -0.15) is 0 Å². The van der Waals surface area contributed by atoms with Crippen LogP contribution in [0, 0.1) is 5.92 Å². The molecule has 0 saturated carbocycles. The molecule has 0 spiro atoms. The number of carbonyl (C=O) groups excluding carboxylic acids is 1. The second-order valence-electron chi connectivity index (χ2n) is 7.77. The van der Waals surface area contributed by atoms with Crippen molar-refractivity contribution in [2.45, 2.75) is 51.6 Å². The number of rotatable bonds is 8. The maximum absolute atomic E-state index is 12.4. The van der Waals surface area contributed by atoms with E-state index in [0.29, 0.717) is 18.4 Å². The molecule has 144 valence electrons. The van der Waals surface area contributed by atoms with Crippen LogP contribution in [0.1, 0.15) is 43.9 Å². The molecule has 2 heterocycles. The van der Waals surface area contributed by atoms with Crippen LogP contribution in [0.3, 0.4) is 0 Å². The van der Waals surface area contributed by atoms with Gasteiger partial charge in [-0.05, 0) is 49.3 Å². The summed E-state index contributed by atoms with van der Waals surface area (Å²) in [6.07, 6.45) is 6.62. The fraction of sp³-hybridized carbons (Fsp3) is 0.478. The van der Waals surface area contributed by atoms with Crippen LogP contribution in [0.2, 0.25) is 0 Å². The topological polar surface area (TPSA) is 45.2 Å².